The molecule has 0 unspecified atom stereocenters. The Morgan fingerprint density at radius 2 is 1.82 bits per heavy atom. The van der Waals surface area contributed by atoms with Crippen LogP contribution >= 0.6 is 22.6 Å². The Bertz CT molecular complexity index is 1160. The minimum atomic E-state index is -0.627. The molecule has 4 rings (SSSR count). The highest BCUT2D eigenvalue weighted by Gasteiger charge is 2.41. The number of ether oxygens (including phenoxy) is 1. The van der Waals surface area contributed by atoms with E-state index in [1.54, 1.807) is 12.1 Å². The first-order chi connectivity index (χ1) is 16.0. The molecule has 0 radical (unpaired) electrons. The highest BCUT2D eigenvalue weighted by atomic mass is 127. The highest BCUT2D eigenvalue weighted by Crippen LogP contribution is 2.36. The van der Waals surface area contributed by atoms with Crippen LogP contribution in [0.15, 0.2) is 83.0 Å². The van der Waals surface area contributed by atoms with Crippen molar-refractivity contribution in [3.8, 4) is 11.5 Å². The van der Waals surface area contributed by atoms with Gasteiger partial charge in [-0.1, -0.05) is 60.7 Å². The van der Waals surface area contributed by atoms with Gasteiger partial charge in [-0.25, -0.2) is 5.43 Å². The Balaban J connectivity index is 1.50. The maximum Gasteiger partial charge on any atom is 0.287 e. The van der Waals surface area contributed by atoms with Crippen molar-refractivity contribution in [3.05, 3.63) is 93.1 Å². The number of hydrogen-bond donors (Lipinski definition) is 3. The Labute approximate surface area is 205 Å². The number of benzene rings is 3. The van der Waals surface area contributed by atoms with Crippen LogP contribution < -0.4 is 15.6 Å². The van der Waals surface area contributed by atoms with Crippen molar-refractivity contribution in [3.63, 3.8) is 0 Å². The van der Waals surface area contributed by atoms with Crippen LogP contribution in [0.5, 0.6) is 11.5 Å². The standard InChI is InChI=1S/C25H23IN4O3/c1-2-33-22-14-17(13-20(26)23(22)31)16-27-29-24(32)21-15-25(30-28-21,18-9-5-3-6-10-18)19-11-7-4-8-12-19/h3-14,16,30-31H,2,15H2,1H3,(H,29,32)/b27-16-. The minimum Gasteiger partial charge on any atom is -0.504 e. The quantitative estimate of drug-likeness (QED) is 0.233. The molecule has 0 fully saturated rings. The molecular formula is C25H23IN4O3. The van der Waals surface area contributed by atoms with Crippen LogP contribution in [0.2, 0.25) is 0 Å². The van der Waals surface area contributed by atoms with E-state index in [2.05, 4.69) is 21.1 Å². The molecule has 0 atom stereocenters. The Morgan fingerprint density at radius 3 is 2.42 bits per heavy atom. The lowest BCUT2D eigenvalue weighted by Crippen LogP contribution is -2.38. The lowest BCUT2D eigenvalue weighted by Gasteiger charge is -2.30. The third-order valence-corrected chi connectivity index (χ3v) is 6.16. The van der Waals surface area contributed by atoms with Gasteiger partial charge in [0.05, 0.1) is 16.4 Å². The van der Waals surface area contributed by atoms with Gasteiger partial charge in [0.15, 0.2) is 11.5 Å². The summed E-state index contributed by atoms with van der Waals surface area (Å²) in [6, 6.07) is 23.3. The second-order valence-corrected chi connectivity index (χ2v) is 8.63. The van der Waals surface area contributed by atoms with Crippen molar-refractivity contribution in [2.24, 2.45) is 10.2 Å². The van der Waals surface area contributed by atoms with Crippen LogP contribution in [-0.4, -0.2) is 29.5 Å². The molecule has 1 amide bonds. The van der Waals surface area contributed by atoms with Crippen LogP contribution in [0.1, 0.15) is 30.0 Å². The van der Waals surface area contributed by atoms with E-state index in [0.29, 0.717) is 33.6 Å². The van der Waals surface area contributed by atoms with E-state index in [9.17, 15) is 9.90 Å². The average Bonchev–Trinajstić information content (AvgIpc) is 3.30. The van der Waals surface area contributed by atoms with Crippen molar-refractivity contribution in [2.75, 3.05) is 6.61 Å². The van der Waals surface area contributed by atoms with Crippen LogP contribution in [0, 0.1) is 3.57 Å². The molecule has 0 bridgehead atoms. The molecule has 0 aliphatic carbocycles. The number of hydrogen-bond acceptors (Lipinski definition) is 6. The number of hydrazone groups is 2. The zero-order valence-electron chi connectivity index (χ0n) is 18.0. The SMILES string of the molecule is CCOc1cc(/C=N\NC(=O)C2=NNC(c3ccccc3)(c3ccccc3)C2)cc(I)c1O. The molecule has 7 nitrogen and oxygen atoms in total. The van der Waals surface area contributed by atoms with Crippen molar-refractivity contribution in [1.29, 1.82) is 0 Å². The molecule has 1 heterocycles. The summed E-state index contributed by atoms with van der Waals surface area (Å²) in [6.07, 6.45) is 1.89. The number of rotatable bonds is 7. The number of nitrogens with zero attached hydrogens (tertiary/aromatic N) is 2. The summed E-state index contributed by atoms with van der Waals surface area (Å²) in [7, 11) is 0. The smallest absolute Gasteiger partial charge is 0.287 e. The van der Waals surface area contributed by atoms with Gasteiger partial charge in [0.1, 0.15) is 11.3 Å². The Morgan fingerprint density at radius 1 is 1.18 bits per heavy atom. The molecule has 3 N–H and O–H groups in total. The monoisotopic (exact) mass is 554 g/mol. The van der Waals surface area contributed by atoms with E-state index in [1.807, 2.05) is 90.2 Å². The number of halogens is 1. The number of aromatic hydroxyl groups is 1. The van der Waals surface area contributed by atoms with Crippen molar-refractivity contribution < 1.29 is 14.6 Å². The Hall–Kier alpha value is -3.40. The number of nitrogens with one attached hydrogen (secondary N) is 2. The van der Waals surface area contributed by atoms with Crippen LogP contribution in [-0.2, 0) is 10.3 Å². The molecule has 0 aromatic heterocycles. The average molecular weight is 554 g/mol. The molecule has 8 heteroatoms. The second-order valence-electron chi connectivity index (χ2n) is 7.47. The topological polar surface area (TPSA) is 95.3 Å². The fourth-order valence-corrected chi connectivity index (χ4v) is 4.36. The first kappa shape index (κ1) is 22.8. The second kappa shape index (κ2) is 10.0. The third-order valence-electron chi connectivity index (χ3n) is 5.34. The van der Waals surface area contributed by atoms with Crippen molar-refractivity contribution >= 4 is 40.4 Å². The van der Waals surface area contributed by atoms with Gasteiger partial charge in [-0.3, -0.25) is 10.2 Å². The number of carbonyl (C=O) groups excluding carboxylic acids is 1. The van der Waals surface area contributed by atoms with E-state index in [-0.39, 0.29) is 11.7 Å². The van der Waals surface area contributed by atoms with E-state index in [0.717, 1.165) is 11.1 Å². The molecule has 168 valence electrons. The lowest BCUT2D eigenvalue weighted by molar-refractivity contribution is -0.114. The molecule has 0 saturated carbocycles. The maximum absolute atomic E-state index is 12.8. The maximum atomic E-state index is 12.8. The van der Waals surface area contributed by atoms with Crippen molar-refractivity contribution in [2.45, 2.75) is 18.9 Å². The van der Waals surface area contributed by atoms with Gasteiger partial charge in [0, 0.05) is 6.42 Å². The fourth-order valence-electron chi connectivity index (χ4n) is 3.73. The number of carbonyl (C=O) groups is 1. The zero-order valence-corrected chi connectivity index (χ0v) is 20.1. The minimum absolute atomic E-state index is 0.0863. The normalized spacial score (nSPS) is 14.5. The number of phenols is 1. The van der Waals surface area contributed by atoms with E-state index in [1.165, 1.54) is 6.21 Å². The molecule has 33 heavy (non-hydrogen) atoms. The predicted octanol–water partition coefficient (Wildman–Crippen LogP) is 4.14. The van der Waals surface area contributed by atoms with Crippen LogP contribution in [0.25, 0.3) is 0 Å². The van der Waals surface area contributed by atoms with Gasteiger partial charge < -0.3 is 9.84 Å². The summed E-state index contributed by atoms with van der Waals surface area (Å²) >= 11 is 2.02. The number of amides is 1. The predicted molar refractivity (Wildman–Crippen MR) is 137 cm³/mol. The van der Waals surface area contributed by atoms with E-state index < -0.39 is 5.54 Å². The highest BCUT2D eigenvalue weighted by molar-refractivity contribution is 14.1. The lowest BCUT2D eigenvalue weighted by atomic mass is 9.80. The van der Waals surface area contributed by atoms with Gasteiger partial charge in [0.2, 0.25) is 0 Å². The molecule has 0 spiro atoms. The first-order valence-corrected chi connectivity index (χ1v) is 11.5. The molecular weight excluding hydrogens is 531 g/mol. The summed E-state index contributed by atoms with van der Waals surface area (Å²) in [5, 5.41) is 18.5. The summed E-state index contributed by atoms with van der Waals surface area (Å²) in [4.78, 5) is 12.8. The van der Waals surface area contributed by atoms with Gasteiger partial charge in [-0.15, -0.1) is 0 Å². The largest absolute Gasteiger partial charge is 0.504 e. The molecule has 1 aliphatic rings. The molecule has 0 saturated heterocycles. The van der Waals surface area contributed by atoms with Gasteiger partial charge >= 0.3 is 0 Å². The summed E-state index contributed by atoms with van der Waals surface area (Å²) in [6.45, 7) is 2.27. The van der Waals surface area contributed by atoms with Crippen LogP contribution in [0.3, 0.4) is 0 Å². The number of phenolic OH excluding ortho intramolecular Hbond substituents is 1. The fraction of sp³-hybridized carbons (Fsp3) is 0.160. The summed E-state index contributed by atoms with van der Waals surface area (Å²) in [5.74, 6) is 0.0752. The van der Waals surface area contributed by atoms with Gasteiger partial charge in [0.25, 0.3) is 5.91 Å². The zero-order chi connectivity index (χ0) is 23.3. The van der Waals surface area contributed by atoms with Crippen molar-refractivity contribution in [1.82, 2.24) is 10.9 Å². The first-order valence-electron chi connectivity index (χ1n) is 10.5. The molecule has 1 aliphatic heterocycles. The van der Waals surface area contributed by atoms with Crippen LogP contribution in [0.4, 0.5) is 0 Å². The summed E-state index contributed by atoms with van der Waals surface area (Å²) < 4.78 is 6.07. The summed E-state index contributed by atoms with van der Waals surface area (Å²) in [5.41, 5.74) is 8.22. The molecule has 3 aromatic rings. The van der Waals surface area contributed by atoms with Gasteiger partial charge in [-0.2, -0.15) is 10.2 Å². The third kappa shape index (κ3) is 4.85. The van der Waals surface area contributed by atoms with Gasteiger partial charge in [-0.05, 0) is 58.3 Å². The van der Waals surface area contributed by atoms with E-state index >= 15 is 0 Å². The van der Waals surface area contributed by atoms with E-state index in [4.69, 9.17) is 4.74 Å². The molecule has 3 aromatic carbocycles. The Kier molecular flexibility index (Phi) is 6.93.